The quantitative estimate of drug-likeness (QED) is 0.265. The maximum atomic E-state index is 12.5. The van der Waals surface area contributed by atoms with E-state index in [1.807, 2.05) is 31.1 Å². The summed E-state index contributed by atoms with van der Waals surface area (Å²) in [6.07, 6.45) is 2.85. The first-order valence-corrected chi connectivity index (χ1v) is 11.4. The molecule has 0 spiro atoms. The number of hydrogen-bond acceptors (Lipinski definition) is 9. The number of anilines is 2. The lowest BCUT2D eigenvalue weighted by molar-refractivity contribution is -0.142. The fourth-order valence-corrected chi connectivity index (χ4v) is 3.97. The number of carbonyl (C=O) groups is 3. The fraction of sp³-hybridized carbons (Fsp3) is 0.200. The molecule has 0 saturated carbocycles. The van der Waals surface area contributed by atoms with E-state index in [4.69, 9.17) is 13.9 Å². The number of carbonyl (C=O) groups excluding carboxylic acids is 3. The molecule has 3 rings (SSSR count). The average Bonchev–Trinajstić information content (AvgIpc) is 3.51. The molecule has 10 heteroatoms. The summed E-state index contributed by atoms with van der Waals surface area (Å²) in [5.41, 5.74) is 1.97. The first kappa shape index (κ1) is 25.3. The normalized spacial score (nSPS) is 10.9. The second-order valence-corrected chi connectivity index (χ2v) is 8.21. The molecular formula is C25H23N3O6S. The first-order valence-electron chi connectivity index (χ1n) is 10.5. The van der Waals surface area contributed by atoms with E-state index in [1.165, 1.54) is 12.3 Å². The van der Waals surface area contributed by atoms with Gasteiger partial charge >= 0.3 is 11.9 Å². The molecular weight excluding hydrogens is 470 g/mol. The van der Waals surface area contributed by atoms with Crippen molar-refractivity contribution in [3.8, 4) is 17.4 Å². The Balaban J connectivity index is 1.68. The van der Waals surface area contributed by atoms with Crippen LogP contribution in [0, 0.1) is 11.3 Å². The molecule has 0 saturated heterocycles. The minimum atomic E-state index is -0.938. The van der Waals surface area contributed by atoms with Crippen molar-refractivity contribution < 1.29 is 28.3 Å². The maximum absolute atomic E-state index is 12.5. The lowest BCUT2D eigenvalue weighted by Gasteiger charge is -2.11. The van der Waals surface area contributed by atoms with Gasteiger partial charge in [-0.2, -0.15) is 5.26 Å². The van der Waals surface area contributed by atoms with Crippen molar-refractivity contribution in [3.63, 3.8) is 0 Å². The molecule has 9 nitrogen and oxygen atoms in total. The van der Waals surface area contributed by atoms with Crippen molar-refractivity contribution in [2.75, 3.05) is 37.5 Å². The molecule has 0 bridgehead atoms. The summed E-state index contributed by atoms with van der Waals surface area (Å²) in [5, 5.41) is 13.8. The standard InChI is InChI=1S/C25H23N3O6S/c1-4-32-25(31)22-19(20-6-5-11-33-20)15-35-23(22)27-21(29)14-34-24(30)17(13-26)12-16-7-9-18(10-8-16)28(2)3/h5-12,15H,4,14H2,1-3H3,(H,27,29)/b17-12+. The molecule has 0 fully saturated rings. The molecule has 0 aliphatic rings. The van der Waals surface area contributed by atoms with E-state index in [-0.39, 0.29) is 22.7 Å². The van der Waals surface area contributed by atoms with Crippen LogP contribution in [0.2, 0.25) is 0 Å². The van der Waals surface area contributed by atoms with Gasteiger partial charge in [0.25, 0.3) is 5.91 Å². The van der Waals surface area contributed by atoms with Gasteiger partial charge in [0, 0.05) is 30.7 Å². The topological polar surface area (TPSA) is 122 Å². The van der Waals surface area contributed by atoms with Crippen molar-refractivity contribution in [1.29, 1.82) is 5.26 Å². The van der Waals surface area contributed by atoms with E-state index in [1.54, 1.807) is 42.6 Å². The van der Waals surface area contributed by atoms with Gasteiger partial charge in [0.1, 0.15) is 28.0 Å². The zero-order chi connectivity index (χ0) is 25.4. The van der Waals surface area contributed by atoms with E-state index in [9.17, 15) is 19.6 Å². The molecule has 2 aromatic heterocycles. The van der Waals surface area contributed by atoms with Crippen LogP contribution in [0.25, 0.3) is 17.4 Å². The van der Waals surface area contributed by atoms with E-state index in [0.29, 0.717) is 16.9 Å². The Morgan fingerprint density at radius 1 is 1.17 bits per heavy atom. The highest BCUT2D eigenvalue weighted by Crippen LogP contribution is 2.36. The lowest BCUT2D eigenvalue weighted by Crippen LogP contribution is -2.22. The molecule has 3 aromatic rings. The number of thiophene rings is 1. The summed E-state index contributed by atoms with van der Waals surface area (Å²) in [4.78, 5) is 39.2. The van der Waals surface area contributed by atoms with Crippen molar-refractivity contribution >= 4 is 45.9 Å². The Bertz CT molecular complexity index is 1270. The van der Waals surface area contributed by atoms with Gasteiger partial charge in [-0.1, -0.05) is 12.1 Å². The minimum absolute atomic E-state index is 0.144. The third kappa shape index (κ3) is 6.37. The van der Waals surface area contributed by atoms with Gasteiger partial charge in [0.05, 0.1) is 12.9 Å². The van der Waals surface area contributed by atoms with Crippen LogP contribution in [0.3, 0.4) is 0 Å². The van der Waals surface area contributed by atoms with Gasteiger partial charge in [0.2, 0.25) is 0 Å². The van der Waals surface area contributed by atoms with Gasteiger partial charge in [-0.25, -0.2) is 9.59 Å². The second kappa shape index (κ2) is 11.7. The lowest BCUT2D eigenvalue weighted by atomic mass is 10.1. The van der Waals surface area contributed by atoms with E-state index in [2.05, 4.69) is 5.32 Å². The third-order valence-electron chi connectivity index (χ3n) is 4.71. The van der Waals surface area contributed by atoms with E-state index >= 15 is 0 Å². The fourth-order valence-electron chi connectivity index (χ4n) is 3.01. The minimum Gasteiger partial charge on any atom is -0.464 e. The third-order valence-corrected chi connectivity index (χ3v) is 5.60. The largest absolute Gasteiger partial charge is 0.464 e. The van der Waals surface area contributed by atoms with Gasteiger partial charge in [0.15, 0.2) is 6.61 Å². The van der Waals surface area contributed by atoms with Crippen molar-refractivity contribution in [2.24, 2.45) is 0 Å². The van der Waals surface area contributed by atoms with E-state index in [0.717, 1.165) is 17.0 Å². The predicted molar refractivity (Wildman–Crippen MR) is 132 cm³/mol. The van der Waals surface area contributed by atoms with Crippen molar-refractivity contribution in [1.82, 2.24) is 0 Å². The Kier molecular flexibility index (Phi) is 8.43. The molecule has 1 N–H and O–H groups in total. The molecule has 2 heterocycles. The first-order chi connectivity index (χ1) is 16.8. The summed E-state index contributed by atoms with van der Waals surface area (Å²) in [6, 6.07) is 12.4. The summed E-state index contributed by atoms with van der Waals surface area (Å²) in [7, 11) is 3.80. The molecule has 1 aromatic carbocycles. The van der Waals surface area contributed by atoms with Crippen molar-refractivity contribution in [2.45, 2.75) is 6.92 Å². The highest BCUT2D eigenvalue weighted by Gasteiger charge is 2.24. The number of nitriles is 1. The molecule has 0 radical (unpaired) electrons. The van der Waals surface area contributed by atoms with Crippen LogP contribution >= 0.6 is 11.3 Å². The Labute approximate surface area is 206 Å². The SMILES string of the molecule is CCOC(=O)c1c(-c2ccco2)csc1NC(=O)COC(=O)/C(C#N)=C/c1ccc(N(C)C)cc1. The number of nitrogens with zero attached hydrogens (tertiary/aromatic N) is 2. The summed E-state index contributed by atoms with van der Waals surface area (Å²) in [6.45, 7) is 1.18. The zero-order valence-corrected chi connectivity index (χ0v) is 20.2. The molecule has 180 valence electrons. The summed E-state index contributed by atoms with van der Waals surface area (Å²) in [5.74, 6) is -1.79. The van der Waals surface area contributed by atoms with Crippen LogP contribution in [0.4, 0.5) is 10.7 Å². The highest BCUT2D eigenvalue weighted by atomic mass is 32.1. The molecule has 0 aliphatic heterocycles. The van der Waals surface area contributed by atoms with Crippen LogP contribution in [0.1, 0.15) is 22.8 Å². The summed E-state index contributed by atoms with van der Waals surface area (Å²) < 4.78 is 15.5. The number of benzene rings is 1. The predicted octanol–water partition coefficient (Wildman–Crippen LogP) is 4.34. The number of hydrogen-bond donors (Lipinski definition) is 1. The number of rotatable bonds is 9. The number of esters is 2. The van der Waals surface area contributed by atoms with Crippen LogP contribution in [-0.2, 0) is 19.1 Å². The monoisotopic (exact) mass is 493 g/mol. The van der Waals surface area contributed by atoms with Crippen LogP contribution < -0.4 is 10.2 Å². The number of nitrogens with one attached hydrogen (secondary N) is 1. The van der Waals surface area contributed by atoms with Gasteiger partial charge in [-0.15, -0.1) is 11.3 Å². The molecule has 1 amide bonds. The zero-order valence-electron chi connectivity index (χ0n) is 19.4. The Hall–Kier alpha value is -4.36. The van der Waals surface area contributed by atoms with Gasteiger partial charge in [-0.05, 0) is 42.8 Å². The second-order valence-electron chi connectivity index (χ2n) is 7.33. The number of amides is 1. The summed E-state index contributed by atoms with van der Waals surface area (Å²) >= 11 is 1.11. The van der Waals surface area contributed by atoms with Crippen molar-refractivity contribution in [3.05, 3.63) is 64.7 Å². The highest BCUT2D eigenvalue weighted by molar-refractivity contribution is 7.15. The van der Waals surface area contributed by atoms with Gasteiger partial charge in [-0.3, -0.25) is 4.79 Å². The van der Waals surface area contributed by atoms with Gasteiger partial charge < -0.3 is 24.1 Å². The van der Waals surface area contributed by atoms with E-state index < -0.39 is 24.5 Å². The average molecular weight is 494 g/mol. The number of furan rings is 1. The molecule has 0 atom stereocenters. The number of ether oxygens (including phenoxy) is 2. The Morgan fingerprint density at radius 2 is 1.91 bits per heavy atom. The van der Waals surface area contributed by atoms with Crippen LogP contribution in [0.5, 0.6) is 0 Å². The van der Waals surface area contributed by atoms with Crippen LogP contribution in [-0.4, -0.2) is 45.2 Å². The maximum Gasteiger partial charge on any atom is 0.349 e. The molecule has 0 unspecified atom stereocenters. The smallest absolute Gasteiger partial charge is 0.349 e. The van der Waals surface area contributed by atoms with Crippen LogP contribution in [0.15, 0.2) is 58.0 Å². The molecule has 0 aliphatic carbocycles. The Morgan fingerprint density at radius 3 is 2.51 bits per heavy atom. The molecule has 35 heavy (non-hydrogen) atoms.